The zero-order valence-electron chi connectivity index (χ0n) is 13.2. The second-order valence-corrected chi connectivity index (χ2v) is 5.86. The van der Waals surface area contributed by atoms with Crippen molar-refractivity contribution in [3.8, 4) is 11.3 Å². The van der Waals surface area contributed by atoms with Crippen LogP contribution in [0.1, 0.15) is 34.8 Å². The maximum Gasteiger partial charge on any atom is 0.254 e. The summed E-state index contributed by atoms with van der Waals surface area (Å²) in [4.78, 5) is 25.1. The highest BCUT2D eigenvalue weighted by molar-refractivity contribution is 5.94. The first kappa shape index (κ1) is 15.5. The molecular formula is C18H19NO4. The van der Waals surface area contributed by atoms with Gasteiger partial charge in [0.2, 0.25) is 0 Å². The van der Waals surface area contributed by atoms with Gasteiger partial charge in [-0.2, -0.15) is 0 Å². The highest BCUT2D eigenvalue weighted by Gasteiger charge is 2.26. The van der Waals surface area contributed by atoms with E-state index in [2.05, 4.69) is 0 Å². The number of hydrogen-bond donors (Lipinski definition) is 0. The van der Waals surface area contributed by atoms with E-state index in [1.54, 1.807) is 24.3 Å². The molecule has 5 heteroatoms. The molecule has 0 saturated carbocycles. The van der Waals surface area contributed by atoms with Gasteiger partial charge < -0.3 is 14.1 Å². The highest BCUT2D eigenvalue weighted by Crippen LogP contribution is 2.23. The van der Waals surface area contributed by atoms with E-state index in [9.17, 15) is 9.59 Å². The number of carbonyl (C=O) groups excluding carboxylic acids is 2. The molecule has 1 aliphatic rings. The van der Waals surface area contributed by atoms with Gasteiger partial charge in [-0.25, -0.2) is 0 Å². The van der Waals surface area contributed by atoms with Gasteiger partial charge >= 0.3 is 0 Å². The van der Waals surface area contributed by atoms with E-state index in [1.165, 1.54) is 0 Å². The predicted octanol–water partition coefficient (Wildman–Crippen LogP) is 3.01. The first-order valence-electron chi connectivity index (χ1n) is 7.67. The fraction of sp³-hybridized carbons (Fsp3) is 0.333. The summed E-state index contributed by atoms with van der Waals surface area (Å²) < 4.78 is 11.0. The highest BCUT2D eigenvalue weighted by atomic mass is 16.5. The molecule has 2 atom stereocenters. The fourth-order valence-electron chi connectivity index (χ4n) is 2.87. The maximum absolute atomic E-state index is 12.6. The third kappa shape index (κ3) is 3.35. The van der Waals surface area contributed by atoms with Crippen LogP contribution in [0.5, 0.6) is 0 Å². The van der Waals surface area contributed by atoms with Crippen LogP contribution in [0.2, 0.25) is 0 Å². The Hall–Kier alpha value is -2.40. The summed E-state index contributed by atoms with van der Waals surface area (Å²) in [6.07, 6.45) is 0.765. The van der Waals surface area contributed by atoms with Crippen molar-refractivity contribution in [2.45, 2.75) is 26.1 Å². The second-order valence-electron chi connectivity index (χ2n) is 5.86. The number of benzene rings is 1. The number of nitrogens with zero attached hydrogens (tertiary/aromatic N) is 1. The molecule has 1 saturated heterocycles. The summed E-state index contributed by atoms with van der Waals surface area (Å²) in [7, 11) is 0. The van der Waals surface area contributed by atoms with Gasteiger partial charge in [-0.05, 0) is 38.1 Å². The standard InChI is InChI=1S/C18H19NO4/c1-12-9-19(10-13(2)22-12)18(21)15-5-3-14(4-6-15)17-8-7-16(11-20)23-17/h3-8,11-13H,9-10H2,1-2H3. The lowest BCUT2D eigenvalue weighted by atomic mass is 10.1. The third-order valence-corrected chi connectivity index (χ3v) is 3.87. The van der Waals surface area contributed by atoms with E-state index in [1.807, 2.05) is 30.9 Å². The van der Waals surface area contributed by atoms with Gasteiger partial charge in [-0.15, -0.1) is 0 Å². The SMILES string of the molecule is CC1CN(C(=O)c2ccc(-c3ccc(C=O)o3)cc2)CC(C)O1. The molecule has 0 bridgehead atoms. The molecule has 0 aliphatic carbocycles. The molecule has 1 aromatic heterocycles. The summed E-state index contributed by atoms with van der Waals surface area (Å²) in [5.74, 6) is 0.905. The molecule has 1 fully saturated rings. The summed E-state index contributed by atoms with van der Waals surface area (Å²) in [6, 6.07) is 10.6. The normalized spacial score (nSPS) is 21.2. The Morgan fingerprint density at radius 2 is 1.74 bits per heavy atom. The topological polar surface area (TPSA) is 59.8 Å². The van der Waals surface area contributed by atoms with Crippen LogP contribution in [0.4, 0.5) is 0 Å². The van der Waals surface area contributed by atoms with Crippen molar-refractivity contribution in [1.82, 2.24) is 4.90 Å². The average molecular weight is 313 g/mol. The molecule has 2 heterocycles. The van der Waals surface area contributed by atoms with Crippen molar-refractivity contribution in [1.29, 1.82) is 0 Å². The number of aldehydes is 1. The fourth-order valence-corrected chi connectivity index (χ4v) is 2.87. The average Bonchev–Trinajstić information content (AvgIpc) is 3.02. The molecule has 1 amide bonds. The molecule has 0 spiro atoms. The zero-order valence-corrected chi connectivity index (χ0v) is 13.2. The minimum Gasteiger partial charge on any atom is -0.453 e. The minimum absolute atomic E-state index is 0.00609. The number of amides is 1. The lowest BCUT2D eigenvalue weighted by Crippen LogP contribution is -2.48. The Bertz CT molecular complexity index is 694. The van der Waals surface area contributed by atoms with Gasteiger partial charge in [0, 0.05) is 24.2 Å². The number of hydrogen-bond acceptors (Lipinski definition) is 4. The van der Waals surface area contributed by atoms with Crippen LogP contribution in [0.15, 0.2) is 40.8 Å². The van der Waals surface area contributed by atoms with Gasteiger partial charge in [0.05, 0.1) is 12.2 Å². The molecule has 2 aromatic rings. The quantitative estimate of drug-likeness (QED) is 0.817. The number of furan rings is 1. The first-order chi connectivity index (χ1) is 11.1. The van der Waals surface area contributed by atoms with Crippen LogP contribution in [0.25, 0.3) is 11.3 Å². The van der Waals surface area contributed by atoms with Crippen LogP contribution in [0, 0.1) is 0 Å². The Morgan fingerprint density at radius 1 is 1.09 bits per heavy atom. The summed E-state index contributed by atoms with van der Waals surface area (Å²) in [6.45, 7) is 5.15. The predicted molar refractivity (Wildman–Crippen MR) is 85.4 cm³/mol. The largest absolute Gasteiger partial charge is 0.453 e. The van der Waals surface area contributed by atoms with Crippen molar-refractivity contribution in [2.24, 2.45) is 0 Å². The van der Waals surface area contributed by atoms with Crippen molar-refractivity contribution in [3.05, 3.63) is 47.7 Å². The van der Waals surface area contributed by atoms with Crippen molar-refractivity contribution >= 4 is 12.2 Å². The van der Waals surface area contributed by atoms with Crippen LogP contribution in [0.3, 0.4) is 0 Å². The molecule has 23 heavy (non-hydrogen) atoms. The summed E-state index contributed by atoms with van der Waals surface area (Å²) in [5, 5.41) is 0. The molecule has 0 N–H and O–H groups in total. The van der Waals surface area contributed by atoms with E-state index in [4.69, 9.17) is 9.15 Å². The zero-order chi connectivity index (χ0) is 16.4. The molecule has 2 unspecified atom stereocenters. The lowest BCUT2D eigenvalue weighted by molar-refractivity contribution is -0.0586. The Balaban J connectivity index is 1.76. The molecule has 120 valence electrons. The smallest absolute Gasteiger partial charge is 0.254 e. The lowest BCUT2D eigenvalue weighted by Gasteiger charge is -2.35. The first-order valence-corrected chi connectivity index (χ1v) is 7.67. The number of carbonyl (C=O) groups is 2. The maximum atomic E-state index is 12.6. The van der Waals surface area contributed by atoms with E-state index in [-0.39, 0.29) is 23.9 Å². The summed E-state index contributed by atoms with van der Waals surface area (Å²) >= 11 is 0. The number of rotatable bonds is 3. The van der Waals surface area contributed by atoms with Gasteiger partial charge in [-0.1, -0.05) is 12.1 Å². The molecule has 5 nitrogen and oxygen atoms in total. The van der Waals surface area contributed by atoms with Crippen molar-refractivity contribution in [3.63, 3.8) is 0 Å². The number of ether oxygens (including phenoxy) is 1. The van der Waals surface area contributed by atoms with E-state index < -0.39 is 0 Å². The molecule has 3 rings (SSSR count). The molecule has 1 aromatic carbocycles. The minimum atomic E-state index is 0.00609. The molecular weight excluding hydrogens is 294 g/mol. The molecule has 1 aliphatic heterocycles. The monoisotopic (exact) mass is 313 g/mol. The van der Waals surface area contributed by atoms with Gasteiger partial charge in [0.15, 0.2) is 12.0 Å². The van der Waals surface area contributed by atoms with E-state index in [0.29, 0.717) is 30.7 Å². The summed E-state index contributed by atoms with van der Waals surface area (Å²) in [5.41, 5.74) is 1.47. The number of morpholine rings is 1. The van der Waals surface area contributed by atoms with Crippen LogP contribution in [-0.4, -0.2) is 42.4 Å². The van der Waals surface area contributed by atoms with Gasteiger partial charge in [-0.3, -0.25) is 9.59 Å². The van der Waals surface area contributed by atoms with Gasteiger partial charge in [0.1, 0.15) is 5.76 Å². The molecule has 0 radical (unpaired) electrons. The van der Waals surface area contributed by atoms with E-state index >= 15 is 0 Å². The van der Waals surface area contributed by atoms with Crippen LogP contribution in [-0.2, 0) is 4.74 Å². The Labute approximate surface area is 134 Å². The van der Waals surface area contributed by atoms with Crippen LogP contribution < -0.4 is 0 Å². The Morgan fingerprint density at radius 3 is 2.30 bits per heavy atom. The van der Waals surface area contributed by atoms with Crippen molar-refractivity contribution < 1.29 is 18.7 Å². The third-order valence-electron chi connectivity index (χ3n) is 3.87. The van der Waals surface area contributed by atoms with Gasteiger partial charge in [0.25, 0.3) is 5.91 Å². The van der Waals surface area contributed by atoms with E-state index in [0.717, 1.165) is 5.56 Å². The van der Waals surface area contributed by atoms with Crippen LogP contribution >= 0.6 is 0 Å². The van der Waals surface area contributed by atoms with Crippen molar-refractivity contribution in [2.75, 3.05) is 13.1 Å². The second kappa shape index (κ2) is 6.38. The Kier molecular flexibility index (Phi) is 4.30.